The van der Waals surface area contributed by atoms with Gasteiger partial charge in [-0.2, -0.15) is 0 Å². The summed E-state index contributed by atoms with van der Waals surface area (Å²) in [6, 6.07) is 25.0. The number of carbonyl (C=O) groups is 2. The summed E-state index contributed by atoms with van der Waals surface area (Å²) in [5.41, 5.74) is 4.75. The third-order valence-electron chi connectivity index (χ3n) is 5.59. The number of hydrogen-bond donors (Lipinski definition) is 0. The first-order chi connectivity index (χ1) is 16.5. The molecule has 0 N–H and O–H groups in total. The monoisotopic (exact) mass is 453 g/mol. The van der Waals surface area contributed by atoms with Crippen LogP contribution in [0, 0.1) is 6.92 Å². The molecular weight excluding hydrogens is 426 g/mol. The summed E-state index contributed by atoms with van der Waals surface area (Å²) in [4.78, 5) is 27.9. The number of esters is 1. The number of ether oxygens (including phenoxy) is 2. The van der Waals surface area contributed by atoms with E-state index < -0.39 is 5.97 Å². The average Bonchev–Trinajstić information content (AvgIpc) is 3.08. The van der Waals surface area contributed by atoms with Crippen LogP contribution in [-0.2, 0) is 20.9 Å². The second-order valence-corrected chi connectivity index (χ2v) is 8.06. The van der Waals surface area contributed by atoms with E-state index in [-0.39, 0.29) is 18.1 Å². The first-order valence-corrected chi connectivity index (χ1v) is 11.3. The molecule has 34 heavy (non-hydrogen) atoms. The summed E-state index contributed by atoms with van der Waals surface area (Å²) >= 11 is 0. The fourth-order valence-corrected chi connectivity index (χ4v) is 3.89. The van der Waals surface area contributed by atoms with Crippen LogP contribution in [0.3, 0.4) is 0 Å². The Hall–Kier alpha value is -4.12. The van der Waals surface area contributed by atoms with Crippen molar-refractivity contribution in [2.45, 2.75) is 27.4 Å². The largest absolute Gasteiger partial charge is 0.489 e. The van der Waals surface area contributed by atoms with Crippen LogP contribution in [0.1, 0.15) is 30.5 Å². The Bertz CT molecular complexity index is 1260. The topological polar surface area (TPSA) is 55.8 Å². The van der Waals surface area contributed by atoms with Crippen LogP contribution in [0.2, 0.25) is 0 Å². The number of carbonyl (C=O) groups excluding carboxylic acids is 2. The third kappa shape index (κ3) is 4.94. The van der Waals surface area contributed by atoms with Gasteiger partial charge in [0.2, 0.25) is 0 Å². The predicted octanol–water partition coefficient (Wildman–Crippen LogP) is 5.84. The number of hydrogen-bond acceptors (Lipinski definition) is 4. The van der Waals surface area contributed by atoms with Crippen molar-refractivity contribution in [1.82, 2.24) is 0 Å². The van der Waals surface area contributed by atoms with Gasteiger partial charge >= 0.3 is 5.97 Å². The summed E-state index contributed by atoms with van der Waals surface area (Å²) < 4.78 is 11.2. The second-order valence-electron chi connectivity index (χ2n) is 8.06. The molecule has 1 heterocycles. The summed E-state index contributed by atoms with van der Waals surface area (Å²) in [6.45, 7) is 6.17. The molecule has 1 amide bonds. The molecule has 5 heteroatoms. The lowest BCUT2D eigenvalue weighted by molar-refractivity contribution is -0.138. The molecule has 0 aromatic heterocycles. The highest BCUT2D eigenvalue weighted by atomic mass is 16.5. The maximum Gasteiger partial charge on any atom is 0.340 e. The number of aryl methyl sites for hydroxylation is 1. The highest BCUT2D eigenvalue weighted by molar-refractivity contribution is 6.23. The molecule has 0 radical (unpaired) electrons. The summed E-state index contributed by atoms with van der Waals surface area (Å²) in [7, 11) is 0. The van der Waals surface area contributed by atoms with Crippen molar-refractivity contribution in [2.75, 3.05) is 11.5 Å². The van der Waals surface area contributed by atoms with Gasteiger partial charge in [0, 0.05) is 11.4 Å². The van der Waals surface area contributed by atoms with E-state index in [9.17, 15) is 9.59 Å². The van der Waals surface area contributed by atoms with Gasteiger partial charge < -0.3 is 9.47 Å². The summed E-state index contributed by atoms with van der Waals surface area (Å²) in [6.07, 6.45) is 1.72. The Morgan fingerprint density at radius 2 is 1.68 bits per heavy atom. The van der Waals surface area contributed by atoms with Gasteiger partial charge in [0.05, 0.1) is 17.8 Å². The van der Waals surface area contributed by atoms with E-state index in [2.05, 4.69) is 0 Å². The molecule has 0 atom stereocenters. The van der Waals surface area contributed by atoms with Crippen LogP contribution in [-0.4, -0.2) is 18.5 Å². The highest BCUT2D eigenvalue weighted by Crippen LogP contribution is 2.35. The van der Waals surface area contributed by atoms with Crippen molar-refractivity contribution in [3.63, 3.8) is 0 Å². The minimum atomic E-state index is -0.509. The van der Waals surface area contributed by atoms with Crippen LogP contribution in [0.25, 0.3) is 6.08 Å². The first kappa shape index (κ1) is 23.1. The minimum absolute atomic E-state index is 0.227. The number of nitrogens with zero attached hydrogens (tertiary/aromatic N) is 1. The molecule has 0 saturated carbocycles. The molecule has 0 saturated heterocycles. The van der Waals surface area contributed by atoms with Gasteiger partial charge in [0.15, 0.2) is 0 Å². The third-order valence-corrected chi connectivity index (χ3v) is 5.59. The zero-order valence-corrected chi connectivity index (χ0v) is 19.6. The van der Waals surface area contributed by atoms with E-state index in [0.29, 0.717) is 29.3 Å². The summed E-state index contributed by atoms with van der Waals surface area (Å²) in [5, 5.41) is 0. The lowest BCUT2D eigenvalue weighted by Gasteiger charge is -2.18. The fraction of sp³-hybridized carbons (Fsp3) is 0.172. The molecule has 3 aromatic rings. The normalized spacial score (nSPS) is 14.6. The fourth-order valence-electron chi connectivity index (χ4n) is 3.89. The maximum absolute atomic E-state index is 13.5. The second kappa shape index (κ2) is 10.2. The van der Waals surface area contributed by atoms with E-state index >= 15 is 0 Å². The van der Waals surface area contributed by atoms with E-state index in [1.165, 1.54) is 0 Å². The highest BCUT2D eigenvalue weighted by Gasteiger charge is 2.38. The standard InChI is InChI=1S/C29H27NO4/c1-4-33-29(32)27-21(3)30(24-15-13-20(2)14-16-24)28(31)26(27)18-23-11-8-12-25(17-23)34-19-22-9-6-5-7-10-22/h5-18H,4,19H2,1-3H3/b26-18-. The van der Waals surface area contributed by atoms with Gasteiger partial charge in [-0.15, -0.1) is 0 Å². The van der Waals surface area contributed by atoms with Gasteiger partial charge in [0.1, 0.15) is 12.4 Å². The number of amides is 1. The quantitative estimate of drug-likeness (QED) is 0.333. The van der Waals surface area contributed by atoms with Gasteiger partial charge in [-0.3, -0.25) is 9.69 Å². The zero-order valence-electron chi connectivity index (χ0n) is 19.6. The van der Waals surface area contributed by atoms with E-state index in [0.717, 1.165) is 16.7 Å². The Kier molecular flexibility index (Phi) is 6.93. The number of benzene rings is 3. The van der Waals surface area contributed by atoms with Crippen molar-refractivity contribution >= 4 is 23.6 Å². The molecule has 0 fully saturated rings. The molecule has 172 valence electrons. The minimum Gasteiger partial charge on any atom is -0.489 e. The molecule has 4 rings (SSSR count). The van der Waals surface area contributed by atoms with Gasteiger partial charge in [-0.25, -0.2) is 4.79 Å². The lowest BCUT2D eigenvalue weighted by atomic mass is 10.0. The van der Waals surface area contributed by atoms with E-state index in [4.69, 9.17) is 9.47 Å². The van der Waals surface area contributed by atoms with Crippen molar-refractivity contribution < 1.29 is 19.1 Å². The molecule has 0 spiro atoms. The van der Waals surface area contributed by atoms with Crippen molar-refractivity contribution in [2.24, 2.45) is 0 Å². The molecule has 0 bridgehead atoms. The van der Waals surface area contributed by atoms with Crippen molar-refractivity contribution in [1.29, 1.82) is 0 Å². The SMILES string of the molecule is CCOC(=O)C1=C(C)N(c2ccc(C)cc2)C(=O)/C1=C\c1cccc(OCc2ccccc2)c1. The number of anilines is 1. The Morgan fingerprint density at radius 3 is 2.38 bits per heavy atom. The molecular formula is C29H27NO4. The van der Waals surface area contributed by atoms with Gasteiger partial charge in [-0.05, 0) is 62.2 Å². The van der Waals surface area contributed by atoms with Crippen LogP contribution in [0.4, 0.5) is 5.69 Å². The number of rotatable bonds is 7. The lowest BCUT2D eigenvalue weighted by Crippen LogP contribution is -2.24. The molecule has 1 aliphatic heterocycles. The Balaban J connectivity index is 1.67. The van der Waals surface area contributed by atoms with Crippen molar-refractivity contribution in [3.8, 4) is 5.75 Å². The Morgan fingerprint density at radius 1 is 0.941 bits per heavy atom. The first-order valence-electron chi connectivity index (χ1n) is 11.3. The average molecular weight is 454 g/mol. The molecule has 1 aliphatic rings. The summed E-state index contributed by atoms with van der Waals surface area (Å²) in [5.74, 6) is -0.0943. The van der Waals surface area contributed by atoms with Crippen LogP contribution >= 0.6 is 0 Å². The van der Waals surface area contributed by atoms with Gasteiger partial charge in [-0.1, -0.05) is 60.2 Å². The van der Waals surface area contributed by atoms with E-state index in [1.54, 1.807) is 24.8 Å². The smallest absolute Gasteiger partial charge is 0.340 e. The van der Waals surface area contributed by atoms with E-state index in [1.807, 2.05) is 85.8 Å². The zero-order chi connectivity index (χ0) is 24.1. The molecule has 5 nitrogen and oxygen atoms in total. The molecule has 0 aliphatic carbocycles. The van der Waals surface area contributed by atoms with Crippen molar-refractivity contribution in [3.05, 3.63) is 112 Å². The molecule has 0 unspecified atom stereocenters. The predicted molar refractivity (Wildman–Crippen MR) is 133 cm³/mol. The van der Waals surface area contributed by atoms with Gasteiger partial charge in [0.25, 0.3) is 5.91 Å². The van der Waals surface area contributed by atoms with Crippen LogP contribution < -0.4 is 9.64 Å². The van der Waals surface area contributed by atoms with Crippen LogP contribution in [0.15, 0.2) is 95.7 Å². The van der Waals surface area contributed by atoms with Crippen LogP contribution in [0.5, 0.6) is 5.75 Å². The molecule has 3 aromatic carbocycles. The maximum atomic E-state index is 13.5. The Labute approximate surface area is 199 Å². The number of allylic oxidation sites excluding steroid dienone is 1.